The molecule has 0 spiro atoms. The molecule has 2 atom stereocenters. The minimum atomic E-state index is -0.780. The lowest BCUT2D eigenvalue weighted by atomic mass is 9.89. The number of amides is 1. The summed E-state index contributed by atoms with van der Waals surface area (Å²) in [4.78, 5) is 12.4. The topological polar surface area (TPSA) is 134 Å². The number of rotatable bonds is 13. The number of nitrogens with one attached hydrogen (secondary N) is 1. The molecule has 0 saturated heterocycles. The Hall–Kier alpha value is -3.59. The Morgan fingerprint density at radius 1 is 1.00 bits per heavy atom. The third kappa shape index (κ3) is 6.75. The Morgan fingerprint density at radius 3 is 2.33 bits per heavy atom. The number of carbonyl (C=O) groups excluding carboxylic acids is 1. The van der Waals surface area contributed by atoms with E-state index >= 15 is 0 Å². The van der Waals surface area contributed by atoms with Crippen molar-refractivity contribution < 1.29 is 29.6 Å². The van der Waals surface area contributed by atoms with Crippen molar-refractivity contribution in [1.82, 2.24) is 5.32 Å². The van der Waals surface area contributed by atoms with Gasteiger partial charge in [-0.1, -0.05) is 36.4 Å². The number of primary amides is 1. The summed E-state index contributed by atoms with van der Waals surface area (Å²) >= 11 is 0. The molecule has 3 aromatic rings. The highest BCUT2D eigenvalue weighted by molar-refractivity contribution is 5.82. The van der Waals surface area contributed by atoms with E-state index in [-0.39, 0.29) is 12.4 Å². The van der Waals surface area contributed by atoms with Crippen LogP contribution < -0.4 is 20.5 Å². The van der Waals surface area contributed by atoms with Gasteiger partial charge in [0.25, 0.3) is 0 Å². The number of carbonyl (C=O) groups is 1. The van der Waals surface area contributed by atoms with Gasteiger partial charge in [0.2, 0.25) is 5.91 Å². The van der Waals surface area contributed by atoms with Gasteiger partial charge < -0.3 is 35.8 Å². The average Bonchev–Trinajstić information content (AvgIpc) is 2.89. The number of nitrogens with two attached hydrogens (primary N) is 1. The maximum absolute atomic E-state index is 12.4. The fraction of sp³-hybridized carbons (Fsp3) is 0.321. The van der Waals surface area contributed by atoms with Gasteiger partial charge >= 0.3 is 0 Å². The predicted octanol–water partition coefficient (Wildman–Crippen LogP) is 2.58. The number of aromatic hydroxyl groups is 1. The maximum atomic E-state index is 12.4. The van der Waals surface area contributed by atoms with Crippen molar-refractivity contribution in [2.24, 2.45) is 5.73 Å². The summed E-state index contributed by atoms with van der Waals surface area (Å²) in [6, 6.07) is 17.9. The Morgan fingerprint density at radius 2 is 1.69 bits per heavy atom. The summed E-state index contributed by atoms with van der Waals surface area (Å²) in [5.74, 6) is 0.288. The Labute approximate surface area is 211 Å². The van der Waals surface area contributed by atoms with E-state index in [9.17, 15) is 20.1 Å². The van der Waals surface area contributed by atoms with E-state index < -0.39 is 17.9 Å². The lowest BCUT2D eigenvalue weighted by molar-refractivity contribution is -0.119. The van der Waals surface area contributed by atoms with E-state index in [1.807, 2.05) is 42.5 Å². The van der Waals surface area contributed by atoms with E-state index in [1.54, 1.807) is 26.4 Å². The van der Waals surface area contributed by atoms with Crippen LogP contribution in [0.3, 0.4) is 0 Å². The number of benzene rings is 3. The lowest BCUT2D eigenvalue weighted by Gasteiger charge is -2.19. The Bertz CT molecular complexity index is 1140. The van der Waals surface area contributed by atoms with Crippen LogP contribution in [0.1, 0.15) is 39.8 Å². The van der Waals surface area contributed by atoms with E-state index in [0.717, 1.165) is 16.7 Å². The fourth-order valence-electron chi connectivity index (χ4n) is 4.21. The molecule has 0 aliphatic heterocycles. The molecule has 0 fully saturated rings. The van der Waals surface area contributed by atoms with Crippen molar-refractivity contribution in [2.45, 2.75) is 31.5 Å². The van der Waals surface area contributed by atoms with Gasteiger partial charge in [0.15, 0.2) is 0 Å². The third-order valence-electron chi connectivity index (χ3n) is 6.22. The van der Waals surface area contributed by atoms with Crippen LogP contribution in [0.4, 0.5) is 0 Å². The normalized spacial score (nSPS) is 12.7. The molecule has 3 rings (SSSR count). The quantitative estimate of drug-likeness (QED) is 0.231. The first-order valence-electron chi connectivity index (χ1n) is 11.8. The molecule has 192 valence electrons. The molecule has 3 aromatic carbocycles. The van der Waals surface area contributed by atoms with Gasteiger partial charge in [0, 0.05) is 17.7 Å². The van der Waals surface area contributed by atoms with Crippen LogP contribution in [0.25, 0.3) is 0 Å². The minimum Gasteiger partial charge on any atom is -0.508 e. The van der Waals surface area contributed by atoms with Crippen molar-refractivity contribution in [3.05, 3.63) is 88.5 Å². The summed E-state index contributed by atoms with van der Waals surface area (Å²) in [6.45, 7) is 0.617. The monoisotopic (exact) mass is 494 g/mol. The molecular formula is C28H34N2O6. The van der Waals surface area contributed by atoms with Crippen LogP contribution in [-0.2, 0) is 24.2 Å². The van der Waals surface area contributed by atoms with Crippen molar-refractivity contribution in [1.29, 1.82) is 0 Å². The van der Waals surface area contributed by atoms with Crippen molar-refractivity contribution in [3.63, 3.8) is 0 Å². The first kappa shape index (κ1) is 27.0. The number of aliphatic hydroxyl groups excluding tert-OH is 2. The first-order valence-corrected chi connectivity index (χ1v) is 11.8. The molecule has 0 aliphatic carbocycles. The minimum absolute atomic E-state index is 0.000270. The van der Waals surface area contributed by atoms with Crippen LogP contribution in [0.5, 0.6) is 17.2 Å². The summed E-state index contributed by atoms with van der Waals surface area (Å²) < 4.78 is 11.0. The number of methoxy groups -OCH3 is 2. The predicted molar refractivity (Wildman–Crippen MR) is 137 cm³/mol. The molecule has 1 amide bonds. The van der Waals surface area contributed by atoms with Gasteiger partial charge in [-0.05, 0) is 60.3 Å². The number of phenols is 1. The smallest absolute Gasteiger partial charge is 0.225 e. The molecule has 0 bridgehead atoms. The number of hydrogen-bond donors (Lipinski definition) is 5. The van der Waals surface area contributed by atoms with Crippen molar-refractivity contribution in [2.75, 3.05) is 27.3 Å². The molecule has 8 nitrogen and oxygen atoms in total. The van der Waals surface area contributed by atoms with Gasteiger partial charge in [0.05, 0.1) is 32.8 Å². The second kappa shape index (κ2) is 12.9. The van der Waals surface area contributed by atoms with Crippen LogP contribution in [0, 0.1) is 0 Å². The zero-order valence-corrected chi connectivity index (χ0v) is 20.6. The van der Waals surface area contributed by atoms with Crippen LogP contribution >= 0.6 is 0 Å². The van der Waals surface area contributed by atoms with E-state index in [2.05, 4.69) is 5.32 Å². The molecule has 0 saturated carbocycles. The van der Waals surface area contributed by atoms with Gasteiger partial charge in [-0.25, -0.2) is 0 Å². The third-order valence-corrected chi connectivity index (χ3v) is 6.22. The van der Waals surface area contributed by atoms with E-state index in [0.29, 0.717) is 48.6 Å². The highest BCUT2D eigenvalue weighted by atomic mass is 16.5. The standard InChI is InChI=1S/C28H34N2O6/c1-35-26-7-4-8-27(36-2)23(26)15-22(28(29)34)19-6-3-5-18(13-19)11-12-30-16-25(33)20-9-10-24(32)21(14-20)17-31/h3-10,13-14,22,25,30-33H,11-12,15-17H2,1-2H3,(H2,29,34)/t22?,25-/m1/s1. The van der Waals surface area contributed by atoms with Gasteiger partial charge in [0.1, 0.15) is 17.2 Å². The second-order valence-electron chi connectivity index (χ2n) is 8.56. The molecule has 6 N–H and O–H groups in total. The molecule has 36 heavy (non-hydrogen) atoms. The molecule has 8 heteroatoms. The largest absolute Gasteiger partial charge is 0.508 e. The number of ether oxygens (including phenoxy) is 2. The molecule has 0 radical (unpaired) electrons. The highest BCUT2D eigenvalue weighted by Gasteiger charge is 2.23. The van der Waals surface area contributed by atoms with Crippen LogP contribution in [0.2, 0.25) is 0 Å². The molecular weight excluding hydrogens is 460 g/mol. The summed E-state index contributed by atoms with van der Waals surface area (Å²) in [5.41, 5.74) is 9.41. The Kier molecular flexibility index (Phi) is 9.69. The van der Waals surface area contributed by atoms with Gasteiger partial charge in [-0.3, -0.25) is 4.79 Å². The van der Waals surface area contributed by atoms with Gasteiger partial charge in [-0.15, -0.1) is 0 Å². The van der Waals surface area contributed by atoms with Crippen LogP contribution in [-0.4, -0.2) is 48.5 Å². The summed E-state index contributed by atoms with van der Waals surface area (Å²) in [6.07, 6.45) is 0.248. The zero-order chi connectivity index (χ0) is 26.1. The van der Waals surface area contributed by atoms with Gasteiger partial charge in [-0.2, -0.15) is 0 Å². The van der Waals surface area contributed by atoms with E-state index in [4.69, 9.17) is 15.2 Å². The second-order valence-corrected chi connectivity index (χ2v) is 8.56. The zero-order valence-electron chi connectivity index (χ0n) is 20.6. The summed E-state index contributed by atoms with van der Waals surface area (Å²) in [5, 5.41) is 32.6. The van der Waals surface area contributed by atoms with Crippen molar-refractivity contribution in [3.8, 4) is 17.2 Å². The Balaban J connectivity index is 1.64. The average molecular weight is 495 g/mol. The molecule has 0 aliphatic rings. The SMILES string of the molecule is COc1cccc(OC)c1CC(C(N)=O)c1cccc(CCNC[C@@H](O)c2ccc(O)c(CO)c2)c1. The molecule has 0 aromatic heterocycles. The van der Waals surface area contributed by atoms with Crippen LogP contribution in [0.15, 0.2) is 60.7 Å². The maximum Gasteiger partial charge on any atom is 0.225 e. The molecule has 1 unspecified atom stereocenters. The number of hydrogen-bond acceptors (Lipinski definition) is 7. The fourth-order valence-corrected chi connectivity index (χ4v) is 4.21. The molecule has 0 heterocycles. The highest BCUT2D eigenvalue weighted by Crippen LogP contribution is 2.33. The first-order chi connectivity index (χ1) is 17.4. The van der Waals surface area contributed by atoms with E-state index in [1.165, 1.54) is 6.07 Å². The number of aliphatic hydroxyl groups is 2. The van der Waals surface area contributed by atoms with Crippen molar-refractivity contribution >= 4 is 5.91 Å². The summed E-state index contributed by atoms with van der Waals surface area (Å²) in [7, 11) is 3.16. The lowest BCUT2D eigenvalue weighted by Crippen LogP contribution is -2.25.